The fourth-order valence-electron chi connectivity index (χ4n) is 1.81. The average Bonchev–Trinajstić information content (AvgIpc) is 2.83. The molecular weight excluding hydrogens is 242 g/mol. The van der Waals surface area contributed by atoms with Crippen LogP contribution in [-0.4, -0.2) is 12.5 Å². The highest BCUT2D eigenvalue weighted by Crippen LogP contribution is 2.13. The summed E-state index contributed by atoms with van der Waals surface area (Å²) in [6.45, 7) is 4.80. The van der Waals surface area contributed by atoms with Crippen molar-refractivity contribution in [2.75, 3.05) is 6.61 Å². The van der Waals surface area contributed by atoms with Gasteiger partial charge in [0.25, 0.3) is 5.91 Å². The molecule has 0 fully saturated rings. The van der Waals surface area contributed by atoms with E-state index in [1.807, 2.05) is 31.2 Å². The molecule has 1 heterocycles. The second-order valence-corrected chi connectivity index (χ2v) is 4.15. The Bertz CT molecular complexity index is 560. The van der Waals surface area contributed by atoms with Crippen molar-refractivity contribution >= 4 is 5.91 Å². The summed E-state index contributed by atoms with van der Waals surface area (Å²) >= 11 is 0. The molecule has 0 aliphatic rings. The van der Waals surface area contributed by atoms with Crippen LogP contribution in [0.3, 0.4) is 0 Å². The first kappa shape index (κ1) is 13.2. The number of hydrogen-bond acceptors (Lipinski definition) is 3. The zero-order valence-electron chi connectivity index (χ0n) is 11.1. The molecule has 0 atom stereocenters. The van der Waals surface area contributed by atoms with Gasteiger partial charge >= 0.3 is 0 Å². The normalized spacial score (nSPS) is 10.2. The van der Waals surface area contributed by atoms with Crippen LogP contribution in [0.1, 0.15) is 28.6 Å². The van der Waals surface area contributed by atoms with Gasteiger partial charge in [-0.3, -0.25) is 4.79 Å². The van der Waals surface area contributed by atoms with E-state index in [1.54, 1.807) is 13.0 Å². The number of rotatable bonds is 5. The monoisotopic (exact) mass is 259 g/mol. The SMILES string of the molecule is CCOc1cccc(CNC(=O)c2ccoc2C)c1. The van der Waals surface area contributed by atoms with E-state index in [0.717, 1.165) is 11.3 Å². The molecule has 0 unspecified atom stereocenters. The average molecular weight is 259 g/mol. The zero-order chi connectivity index (χ0) is 13.7. The number of aryl methyl sites for hydroxylation is 1. The molecule has 0 spiro atoms. The summed E-state index contributed by atoms with van der Waals surface area (Å²) in [6, 6.07) is 9.35. The molecule has 1 N–H and O–H groups in total. The van der Waals surface area contributed by atoms with Crippen LogP contribution in [0.2, 0.25) is 0 Å². The Balaban J connectivity index is 1.97. The van der Waals surface area contributed by atoms with E-state index in [1.165, 1.54) is 6.26 Å². The molecule has 2 aromatic rings. The van der Waals surface area contributed by atoms with Crippen LogP contribution in [-0.2, 0) is 6.54 Å². The van der Waals surface area contributed by atoms with Crippen molar-refractivity contribution in [3.8, 4) is 5.75 Å². The third-order valence-electron chi connectivity index (χ3n) is 2.77. The number of amides is 1. The van der Waals surface area contributed by atoms with E-state index in [9.17, 15) is 4.79 Å². The second-order valence-electron chi connectivity index (χ2n) is 4.15. The molecule has 0 aliphatic heterocycles. The Morgan fingerprint density at radius 1 is 1.37 bits per heavy atom. The van der Waals surface area contributed by atoms with E-state index >= 15 is 0 Å². The number of benzene rings is 1. The largest absolute Gasteiger partial charge is 0.494 e. The zero-order valence-corrected chi connectivity index (χ0v) is 11.1. The number of furan rings is 1. The van der Waals surface area contributed by atoms with Crippen molar-refractivity contribution in [2.45, 2.75) is 20.4 Å². The predicted octanol–water partition coefficient (Wildman–Crippen LogP) is 2.92. The van der Waals surface area contributed by atoms with Crippen molar-refractivity contribution < 1.29 is 13.9 Å². The molecule has 4 heteroatoms. The molecule has 1 amide bonds. The maximum atomic E-state index is 11.9. The summed E-state index contributed by atoms with van der Waals surface area (Å²) in [7, 11) is 0. The van der Waals surface area contributed by atoms with Crippen molar-refractivity contribution in [1.82, 2.24) is 5.32 Å². The van der Waals surface area contributed by atoms with Gasteiger partial charge in [-0.15, -0.1) is 0 Å². The molecule has 2 rings (SSSR count). The lowest BCUT2D eigenvalue weighted by molar-refractivity contribution is 0.0949. The van der Waals surface area contributed by atoms with Gasteiger partial charge in [0.15, 0.2) is 0 Å². The third kappa shape index (κ3) is 3.37. The van der Waals surface area contributed by atoms with Gasteiger partial charge in [-0.1, -0.05) is 12.1 Å². The Hall–Kier alpha value is -2.23. The minimum absolute atomic E-state index is 0.131. The van der Waals surface area contributed by atoms with Gasteiger partial charge in [-0.25, -0.2) is 0 Å². The number of carbonyl (C=O) groups excluding carboxylic acids is 1. The van der Waals surface area contributed by atoms with Crippen molar-refractivity contribution in [1.29, 1.82) is 0 Å². The van der Waals surface area contributed by atoms with Gasteiger partial charge in [0.05, 0.1) is 18.4 Å². The Labute approximate surface area is 112 Å². The Morgan fingerprint density at radius 3 is 2.89 bits per heavy atom. The van der Waals surface area contributed by atoms with Gasteiger partial charge in [0.1, 0.15) is 11.5 Å². The first-order valence-corrected chi connectivity index (χ1v) is 6.24. The topological polar surface area (TPSA) is 51.5 Å². The maximum absolute atomic E-state index is 11.9. The van der Waals surface area contributed by atoms with Gasteiger partial charge in [-0.2, -0.15) is 0 Å². The molecule has 0 bridgehead atoms. The summed E-state index contributed by atoms with van der Waals surface area (Å²) in [4.78, 5) is 11.9. The van der Waals surface area contributed by atoms with Crippen molar-refractivity contribution in [3.05, 3.63) is 53.5 Å². The molecule has 0 saturated heterocycles. The third-order valence-corrected chi connectivity index (χ3v) is 2.77. The molecule has 100 valence electrons. The molecule has 1 aromatic heterocycles. The number of ether oxygens (including phenoxy) is 1. The summed E-state index contributed by atoms with van der Waals surface area (Å²) in [5.74, 6) is 1.31. The lowest BCUT2D eigenvalue weighted by atomic mass is 10.2. The van der Waals surface area contributed by atoms with E-state index in [0.29, 0.717) is 24.5 Å². The van der Waals surface area contributed by atoms with Gasteiger partial charge in [0, 0.05) is 6.54 Å². The Kier molecular flexibility index (Phi) is 4.23. The molecule has 19 heavy (non-hydrogen) atoms. The van der Waals surface area contributed by atoms with Crippen LogP contribution in [0, 0.1) is 6.92 Å². The molecule has 0 aliphatic carbocycles. The smallest absolute Gasteiger partial charge is 0.255 e. The fraction of sp³-hybridized carbons (Fsp3) is 0.267. The van der Waals surface area contributed by atoms with E-state index in [2.05, 4.69) is 5.32 Å². The minimum Gasteiger partial charge on any atom is -0.494 e. The van der Waals surface area contributed by atoms with Crippen molar-refractivity contribution in [2.24, 2.45) is 0 Å². The summed E-state index contributed by atoms with van der Waals surface area (Å²) in [5, 5.41) is 2.86. The number of carbonyl (C=O) groups is 1. The highest BCUT2D eigenvalue weighted by atomic mass is 16.5. The number of nitrogens with one attached hydrogen (secondary N) is 1. The van der Waals surface area contributed by atoms with Crippen LogP contribution in [0.15, 0.2) is 41.0 Å². The standard InChI is InChI=1S/C15H17NO3/c1-3-18-13-6-4-5-12(9-13)10-16-15(17)14-7-8-19-11(14)2/h4-9H,3,10H2,1-2H3,(H,16,17). The number of hydrogen-bond donors (Lipinski definition) is 1. The second kappa shape index (κ2) is 6.09. The van der Waals surface area contributed by atoms with Crippen LogP contribution in [0.25, 0.3) is 0 Å². The van der Waals surface area contributed by atoms with Gasteiger partial charge in [0.2, 0.25) is 0 Å². The summed E-state index contributed by atoms with van der Waals surface area (Å²) in [6.07, 6.45) is 1.51. The summed E-state index contributed by atoms with van der Waals surface area (Å²) < 4.78 is 10.5. The van der Waals surface area contributed by atoms with Crippen LogP contribution in [0.4, 0.5) is 0 Å². The highest BCUT2D eigenvalue weighted by Gasteiger charge is 2.10. The first-order chi connectivity index (χ1) is 9.20. The quantitative estimate of drug-likeness (QED) is 0.898. The lowest BCUT2D eigenvalue weighted by Crippen LogP contribution is -2.22. The summed E-state index contributed by atoms with van der Waals surface area (Å²) in [5.41, 5.74) is 1.57. The van der Waals surface area contributed by atoms with Crippen LogP contribution < -0.4 is 10.1 Å². The maximum Gasteiger partial charge on any atom is 0.255 e. The van der Waals surface area contributed by atoms with Crippen LogP contribution in [0.5, 0.6) is 5.75 Å². The fourth-order valence-corrected chi connectivity index (χ4v) is 1.81. The van der Waals surface area contributed by atoms with Crippen LogP contribution >= 0.6 is 0 Å². The van der Waals surface area contributed by atoms with Gasteiger partial charge < -0.3 is 14.5 Å². The van der Waals surface area contributed by atoms with Crippen molar-refractivity contribution in [3.63, 3.8) is 0 Å². The highest BCUT2D eigenvalue weighted by molar-refractivity contribution is 5.94. The molecule has 0 radical (unpaired) electrons. The predicted molar refractivity (Wildman–Crippen MR) is 72.2 cm³/mol. The van der Waals surface area contributed by atoms with E-state index in [4.69, 9.17) is 9.15 Å². The van der Waals surface area contributed by atoms with E-state index in [-0.39, 0.29) is 5.91 Å². The van der Waals surface area contributed by atoms with E-state index < -0.39 is 0 Å². The molecule has 0 saturated carbocycles. The molecule has 4 nitrogen and oxygen atoms in total. The molecule has 1 aromatic carbocycles. The molecular formula is C15H17NO3. The first-order valence-electron chi connectivity index (χ1n) is 6.24. The minimum atomic E-state index is -0.131. The lowest BCUT2D eigenvalue weighted by Gasteiger charge is -2.07. The Morgan fingerprint density at radius 2 is 2.21 bits per heavy atom. The van der Waals surface area contributed by atoms with Gasteiger partial charge in [-0.05, 0) is 37.6 Å².